The number of nitrogens with zero attached hydrogens (tertiary/aromatic N) is 2. The number of aromatic nitrogens is 1. The molecule has 0 N–H and O–H groups in total. The van der Waals surface area contributed by atoms with E-state index in [4.69, 9.17) is 9.47 Å². The summed E-state index contributed by atoms with van der Waals surface area (Å²) in [5.41, 5.74) is 0.648. The lowest BCUT2D eigenvalue weighted by Gasteiger charge is -2.38. The summed E-state index contributed by atoms with van der Waals surface area (Å²) in [5.74, 6) is 0.295. The van der Waals surface area contributed by atoms with E-state index in [1.807, 2.05) is 6.92 Å². The van der Waals surface area contributed by atoms with Crippen LogP contribution < -0.4 is 4.90 Å². The van der Waals surface area contributed by atoms with Gasteiger partial charge >= 0.3 is 0 Å². The average Bonchev–Trinajstić information content (AvgIpc) is 2.60. The van der Waals surface area contributed by atoms with Crippen molar-refractivity contribution in [1.29, 1.82) is 0 Å². The molecule has 2 fully saturated rings. The van der Waals surface area contributed by atoms with Crippen LogP contribution in [0.3, 0.4) is 0 Å². The molecule has 7 nitrogen and oxygen atoms in total. The minimum absolute atomic E-state index is 0.00505. The second-order valence-corrected chi connectivity index (χ2v) is 9.89. The Kier molecular flexibility index (Phi) is 5.72. The molecular weight excluding hydrogens is 424 g/mol. The molecule has 0 saturated carbocycles. The highest BCUT2D eigenvalue weighted by molar-refractivity contribution is 9.10. The smallest absolute Gasteiger partial charge is 0.254 e. The summed E-state index contributed by atoms with van der Waals surface area (Å²) in [7, 11) is -3.39. The maximum atomic E-state index is 12.7. The van der Waals surface area contributed by atoms with Crippen LogP contribution in [0.2, 0.25) is 0 Å². The van der Waals surface area contributed by atoms with Gasteiger partial charge in [-0.05, 0) is 52.9 Å². The van der Waals surface area contributed by atoms with Gasteiger partial charge < -0.3 is 9.47 Å². The van der Waals surface area contributed by atoms with Crippen molar-refractivity contribution in [2.75, 3.05) is 37.6 Å². The molecule has 1 aromatic rings. The fraction of sp³-hybridized carbons (Fsp3) is 0.647. The Balaban J connectivity index is 2.11. The lowest BCUT2D eigenvalue weighted by atomic mass is 9.91. The van der Waals surface area contributed by atoms with E-state index < -0.39 is 14.6 Å². The van der Waals surface area contributed by atoms with Crippen molar-refractivity contribution in [2.24, 2.45) is 0 Å². The van der Waals surface area contributed by atoms with Crippen LogP contribution in [0.1, 0.15) is 31.7 Å². The number of halogens is 1. The fourth-order valence-electron chi connectivity index (χ4n) is 3.69. The molecule has 26 heavy (non-hydrogen) atoms. The number of ether oxygens (including phenoxy) is 2. The molecule has 2 aliphatic rings. The van der Waals surface area contributed by atoms with Crippen LogP contribution in [0.25, 0.3) is 0 Å². The first-order valence-electron chi connectivity index (χ1n) is 8.64. The fourth-order valence-corrected chi connectivity index (χ4v) is 5.57. The second kappa shape index (κ2) is 7.53. The Morgan fingerprint density at radius 3 is 2.62 bits per heavy atom. The van der Waals surface area contributed by atoms with Crippen molar-refractivity contribution in [1.82, 2.24) is 4.98 Å². The second-order valence-electron chi connectivity index (χ2n) is 6.76. The lowest BCUT2D eigenvalue weighted by Crippen LogP contribution is -2.50. The predicted molar refractivity (Wildman–Crippen MR) is 101 cm³/mol. The number of carbonyl (C=O) groups excluding carboxylic acids is 1. The van der Waals surface area contributed by atoms with Crippen LogP contribution in [0.4, 0.5) is 5.82 Å². The number of pyridine rings is 1. The van der Waals surface area contributed by atoms with Gasteiger partial charge in [0.15, 0.2) is 9.84 Å². The number of rotatable bonds is 4. The molecule has 0 aliphatic carbocycles. The quantitative estimate of drug-likeness (QED) is 0.657. The molecule has 0 radical (unpaired) electrons. The maximum absolute atomic E-state index is 12.7. The minimum atomic E-state index is -3.39. The molecule has 3 heterocycles. The molecule has 2 saturated heterocycles. The van der Waals surface area contributed by atoms with Crippen LogP contribution in [0, 0.1) is 0 Å². The van der Waals surface area contributed by atoms with Crippen LogP contribution in [-0.4, -0.2) is 58.0 Å². The largest absolute Gasteiger partial charge is 0.381 e. The summed E-state index contributed by atoms with van der Waals surface area (Å²) in [5, 5.41) is 0. The molecule has 1 unspecified atom stereocenters. The van der Waals surface area contributed by atoms with Crippen molar-refractivity contribution in [2.45, 2.75) is 37.0 Å². The highest BCUT2D eigenvalue weighted by Gasteiger charge is 2.45. The topological polar surface area (TPSA) is 85.8 Å². The number of sulfone groups is 1. The monoisotopic (exact) mass is 446 g/mol. The molecule has 1 amide bonds. The van der Waals surface area contributed by atoms with Gasteiger partial charge in [-0.15, -0.1) is 0 Å². The number of carbonyl (C=O) groups is 1. The molecule has 0 bridgehead atoms. The standard InChI is InChI=1S/C17H23BrN2O5S/c1-3-13-10-25-11-16(21)20(13)15-9-12(8-14(18)19-15)17(26(2,22)23)4-6-24-7-5-17/h8-9,13H,3-7,10-11H2,1-2H3. The van der Waals surface area contributed by atoms with E-state index in [1.54, 1.807) is 17.0 Å². The summed E-state index contributed by atoms with van der Waals surface area (Å²) in [6.45, 7) is 3.20. The van der Waals surface area contributed by atoms with Crippen LogP contribution >= 0.6 is 15.9 Å². The van der Waals surface area contributed by atoms with E-state index in [9.17, 15) is 13.2 Å². The Hall–Kier alpha value is -1.03. The first kappa shape index (κ1) is 19.7. The zero-order chi connectivity index (χ0) is 18.9. The van der Waals surface area contributed by atoms with Gasteiger partial charge in [-0.1, -0.05) is 6.92 Å². The molecule has 2 aliphatic heterocycles. The highest BCUT2D eigenvalue weighted by Crippen LogP contribution is 2.41. The molecule has 0 aromatic carbocycles. The van der Waals surface area contributed by atoms with E-state index in [0.29, 0.717) is 48.6 Å². The molecule has 0 spiro atoms. The number of hydrogen-bond donors (Lipinski definition) is 0. The Labute approximate surface area is 162 Å². The molecule has 1 aromatic heterocycles. The number of hydrogen-bond acceptors (Lipinski definition) is 6. The summed E-state index contributed by atoms with van der Waals surface area (Å²) in [6, 6.07) is 3.36. The van der Waals surface area contributed by atoms with Crippen molar-refractivity contribution >= 4 is 37.5 Å². The average molecular weight is 447 g/mol. The van der Waals surface area contributed by atoms with Gasteiger partial charge in [0.1, 0.15) is 21.8 Å². The van der Waals surface area contributed by atoms with E-state index in [1.165, 1.54) is 6.26 Å². The first-order valence-corrected chi connectivity index (χ1v) is 11.3. The number of amides is 1. The summed E-state index contributed by atoms with van der Waals surface area (Å²) >= 11 is 3.39. The van der Waals surface area contributed by atoms with Gasteiger partial charge in [0.2, 0.25) is 0 Å². The molecule has 144 valence electrons. The SMILES string of the molecule is CCC1COCC(=O)N1c1cc(C2(S(C)(=O)=O)CCOCC2)cc(Br)n1. The summed E-state index contributed by atoms with van der Waals surface area (Å²) in [4.78, 5) is 18.5. The molecular formula is C17H23BrN2O5S. The van der Waals surface area contributed by atoms with Crippen molar-refractivity contribution in [3.63, 3.8) is 0 Å². The van der Waals surface area contributed by atoms with E-state index in [-0.39, 0.29) is 18.6 Å². The number of morpholine rings is 1. The molecule has 9 heteroatoms. The third-order valence-electron chi connectivity index (χ3n) is 5.20. The molecule has 3 rings (SSSR count). The van der Waals surface area contributed by atoms with Crippen LogP contribution in [-0.2, 0) is 28.9 Å². The van der Waals surface area contributed by atoms with E-state index >= 15 is 0 Å². The Morgan fingerprint density at radius 2 is 2.00 bits per heavy atom. The normalized spacial score (nSPS) is 23.9. The van der Waals surface area contributed by atoms with E-state index in [2.05, 4.69) is 20.9 Å². The van der Waals surface area contributed by atoms with Gasteiger partial charge in [-0.3, -0.25) is 9.69 Å². The zero-order valence-electron chi connectivity index (χ0n) is 14.9. The zero-order valence-corrected chi connectivity index (χ0v) is 17.3. The maximum Gasteiger partial charge on any atom is 0.254 e. The third kappa shape index (κ3) is 3.54. The van der Waals surface area contributed by atoms with Crippen LogP contribution in [0.5, 0.6) is 0 Å². The highest BCUT2D eigenvalue weighted by atomic mass is 79.9. The Morgan fingerprint density at radius 1 is 1.31 bits per heavy atom. The third-order valence-corrected chi connectivity index (χ3v) is 7.67. The van der Waals surface area contributed by atoms with Crippen LogP contribution in [0.15, 0.2) is 16.7 Å². The first-order chi connectivity index (χ1) is 12.3. The van der Waals surface area contributed by atoms with Crippen molar-refractivity contribution < 1.29 is 22.7 Å². The predicted octanol–water partition coefficient (Wildman–Crippen LogP) is 2.04. The summed E-state index contributed by atoms with van der Waals surface area (Å²) < 4.78 is 35.6. The van der Waals surface area contributed by atoms with Crippen molar-refractivity contribution in [3.05, 3.63) is 22.3 Å². The van der Waals surface area contributed by atoms with Gasteiger partial charge in [0.25, 0.3) is 5.91 Å². The van der Waals surface area contributed by atoms with E-state index in [0.717, 1.165) is 6.42 Å². The van der Waals surface area contributed by atoms with Gasteiger partial charge in [0, 0.05) is 19.5 Å². The Bertz CT molecular complexity index is 792. The number of anilines is 1. The van der Waals surface area contributed by atoms with Gasteiger partial charge in [-0.2, -0.15) is 0 Å². The van der Waals surface area contributed by atoms with Crippen molar-refractivity contribution in [3.8, 4) is 0 Å². The summed E-state index contributed by atoms with van der Waals surface area (Å²) in [6.07, 6.45) is 2.76. The van der Waals surface area contributed by atoms with Gasteiger partial charge in [-0.25, -0.2) is 13.4 Å². The lowest BCUT2D eigenvalue weighted by molar-refractivity contribution is -0.127. The minimum Gasteiger partial charge on any atom is -0.381 e. The van der Waals surface area contributed by atoms with Gasteiger partial charge in [0.05, 0.1) is 12.6 Å². The molecule has 1 atom stereocenters.